The number of benzene rings is 3. The molecule has 0 unspecified atom stereocenters. The summed E-state index contributed by atoms with van der Waals surface area (Å²) in [6.45, 7) is -0.974. The molecule has 0 fully saturated rings. The second-order valence-electron chi connectivity index (χ2n) is 9.52. The number of rotatable bonds is 16. The molecule has 23 heteroatoms. The smallest absolute Gasteiger partial charge is 0.397 e. The lowest BCUT2D eigenvalue weighted by molar-refractivity contribution is -0.114. The summed E-state index contributed by atoms with van der Waals surface area (Å²) in [5.41, 5.74) is -0.543. The molecule has 0 aliphatic rings. The largest absolute Gasteiger partial charge is 0.505 e. The molecule has 3 rings (SSSR count). The van der Waals surface area contributed by atoms with E-state index in [-0.39, 0.29) is 46.7 Å². The van der Waals surface area contributed by atoms with Gasteiger partial charge in [0.25, 0.3) is 10.1 Å². The van der Waals surface area contributed by atoms with Gasteiger partial charge in [-0.3, -0.25) is 23.4 Å². The van der Waals surface area contributed by atoms with E-state index >= 15 is 0 Å². The minimum atomic E-state index is -4.95. The van der Waals surface area contributed by atoms with E-state index in [0.717, 1.165) is 12.1 Å². The van der Waals surface area contributed by atoms with Crippen molar-refractivity contribution in [1.29, 1.82) is 0 Å². The number of fused-ring (bicyclic) bond motifs is 1. The van der Waals surface area contributed by atoms with Crippen molar-refractivity contribution < 1.29 is 65.6 Å². The van der Waals surface area contributed by atoms with Crippen molar-refractivity contribution in [3.8, 4) is 5.75 Å². The molecule has 3 aromatic carbocycles. The number of hydrogen-bond donors (Lipinski definition) is 5. The molecule has 258 valence electrons. The fraction of sp³-hybridized carbons (Fsp3) is 0.292. The summed E-state index contributed by atoms with van der Waals surface area (Å²) in [6.07, 6.45) is 0. The van der Waals surface area contributed by atoms with Gasteiger partial charge in [0, 0.05) is 37.6 Å². The van der Waals surface area contributed by atoms with Crippen molar-refractivity contribution in [2.24, 2.45) is 10.2 Å². The average molecular weight is 741 g/mol. The summed E-state index contributed by atoms with van der Waals surface area (Å²) < 4.78 is 129. The molecule has 3 aromatic rings. The van der Waals surface area contributed by atoms with Gasteiger partial charge in [-0.2, -0.15) is 30.4 Å². The maximum Gasteiger partial charge on any atom is 0.397 e. The molecular formula is C24H28N4O15S4. The molecule has 0 heterocycles. The highest BCUT2D eigenvalue weighted by Crippen LogP contribution is 2.42. The van der Waals surface area contributed by atoms with Crippen molar-refractivity contribution in [3.63, 3.8) is 0 Å². The topological polar surface area (TPSA) is 293 Å². The molecule has 0 saturated carbocycles. The van der Waals surface area contributed by atoms with E-state index in [4.69, 9.17) is 9.11 Å². The van der Waals surface area contributed by atoms with Gasteiger partial charge in [-0.05, 0) is 41.8 Å². The monoisotopic (exact) mass is 740 g/mol. The lowest BCUT2D eigenvalue weighted by Crippen LogP contribution is -2.35. The third kappa shape index (κ3) is 11.8. The van der Waals surface area contributed by atoms with Crippen molar-refractivity contribution in [3.05, 3.63) is 48.5 Å². The fourth-order valence-corrected chi connectivity index (χ4v) is 6.56. The SMILES string of the molecule is CC(=O)Nc1ccc2cc(S(=O)(=O)O)c(N=Nc3cccc(S(=O)(=O)CCN(CCOS(=O)(=O)O)CCOS(=O)(=O)O)c3)c(O)c2c1. The van der Waals surface area contributed by atoms with Crippen LogP contribution in [-0.2, 0) is 53.9 Å². The lowest BCUT2D eigenvalue weighted by atomic mass is 10.1. The van der Waals surface area contributed by atoms with Gasteiger partial charge in [0.05, 0.1) is 29.5 Å². The molecule has 1 amide bonds. The summed E-state index contributed by atoms with van der Waals surface area (Å²) in [4.78, 5) is 11.5. The number of amides is 1. The highest BCUT2D eigenvalue weighted by atomic mass is 32.3. The van der Waals surface area contributed by atoms with Crippen molar-refractivity contribution in [2.75, 3.05) is 43.9 Å². The van der Waals surface area contributed by atoms with Gasteiger partial charge in [0.1, 0.15) is 10.6 Å². The third-order valence-corrected chi connectivity index (χ3v) is 9.54. The standard InChI is InChI=1S/C24H28N4O15S4/c1-16(29)25-18-6-5-17-13-22(45(33,34)35)23(24(30)21(17)15-18)27-26-19-3-2-4-20(14-19)44(31,32)12-9-28(7-10-42-46(36,37)38)8-11-43-47(39,40)41/h2-6,13-15,30H,7-12H2,1H3,(H,25,29)(H,33,34,35)(H,36,37,38)(H,39,40,41). The van der Waals surface area contributed by atoms with Gasteiger partial charge < -0.3 is 10.4 Å². The Bertz CT molecular complexity index is 2080. The first kappa shape index (κ1) is 37.8. The molecule has 19 nitrogen and oxygen atoms in total. The summed E-state index contributed by atoms with van der Waals surface area (Å²) in [6, 6.07) is 10.0. The van der Waals surface area contributed by atoms with E-state index < -0.39 is 82.0 Å². The summed E-state index contributed by atoms with van der Waals surface area (Å²) in [5, 5.41) is 21.2. The number of sulfone groups is 1. The summed E-state index contributed by atoms with van der Waals surface area (Å²) >= 11 is 0. The number of carbonyl (C=O) groups is 1. The van der Waals surface area contributed by atoms with Crippen LogP contribution in [0, 0.1) is 0 Å². The Hall–Kier alpha value is -3.65. The number of nitrogens with zero attached hydrogens (tertiary/aromatic N) is 3. The Morgan fingerprint density at radius 3 is 2.00 bits per heavy atom. The van der Waals surface area contributed by atoms with Gasteiger partial charge >= 0.3 is 20.8 Å². The quantitative estimate of drug-likeness (QED) is 0.103. The van der Waals surface area contributed by atoms with E-state index in [9.17, 15) is 48.1 Å². The normalized spacial score (nSPS) is 13.0. The number of phenols is 1. The molecule has 0 atom stereocenters. The molecule has 5 N–H and O–H groups in total. The molecule has 0 radical (unpaired) electrons. The van der Waals surface area contributed by atoms with E-state index in [1.54, 1.807) is 0 Å². The molecule has 0 saturated heterocycles. The fourth-order valence-electron chi connectivity index (χ4n) is 4.01. The zero-order valence-corrected chi connectivity index (χ0v) is 27.4. The predicted octanol–water partition coefficient (Wildman–Crippen LogP) is 1.88. The highest BCUT2D eigenvalue weighted by Gasteiger charge is 2.23. The number of azo groups is 1. The molecule has 0 aromatic heterocycles. The zero-order valence-electron chi connectivity index (χ0n) is 24.1. The van der Waals surface area contributed by atoms with Gasteiger partial charge in [0.2, 0.25) is 5.91 Å². The average Bonchev–Trinajstić information content (AvgIpc) is 2.93. The number of nitrogens with one attached hydrogen (secondary N) is 1. The number of hydrogen-bond acceptors (Lipinski definition) is 15. The Morgan fingerprint density at radius 1 is 0.830 bits per heavy atom. The third-order valence-electron chi connectivity index (χ3n) is 6.05. The number of carbonyl (C=O) groups excluding carboxylic acids is 1. The van der Waals surface area contributed by atoms with E-state index in [2.05, 4.69) is 23.9 Å². The Kier molecular flexibility index (Phi) is 12.1. The van der Waals surface area contributed by atoms with Gasteiger partial charge in [0.15, 0.2) is 15.6 Å². The maximum absolute atomic E-state index is 13.1. The first-order chi connectivity index (χ1) is 21.6. The van der Waals surface area contributed by atoms with Crippen LogP contribution < -0.4 is 5.32 Å². The first-order valence-corrected chi connectivity index (χ1v) is 18.7. The maximum atomic E-state index is 13.1. The number of phenolic OH excluding ortho intramolecular Hbond substituents is 1. The van der Waals surface area contributed by atoms with Crippen molar-refractivity contribution >= 4 is 74.5 Å². The van der Waals surface area contributed by atoms with Crippen LogP contribution in [0.1, 0.15) is 6.92 Å². The molecule has 0 bridgehead atoms. The Labute approximate surface area is 269 Å². The second-order valence-corrected chi connectivity index (χ2v) is 15.2. The lowest BCUT2D eigenvalue weighted by Gasteiger charge is -2.21. The molecular weight excluding hydrogens is 713 g/mol. The van der Waals surface area contributed by atoms with E-state index in [0.29, 0.717) is 0 Å². The molecule has 0 aliphatic heterocycles. The Morgan fingerprint density at radius 2 is 1.45 bits per heavy atom. The van der Waals surface area contributed by atoms with Gasteiger partial charge in [-0.1, -0.05) is 12.1 Å². The van der Waals surface area contributed by atoms with Gasteiger partial charge in [-0.25, -0.2) is 16.8 Å². The van der Waals surface area contributed by atoms with Crippen LogP contribution in [0.15, 0.2) is 68.6 Å². The first-order valence-electron chi connectivity index (χ1n) is 12.9. The van der Waals surface area contributed by atoms with E-state index in [1.165, 1.54) is 48.2 Å². The van der Waals surface area contributed by atoms with E-state index in [1.807, 2.05) is 0 Å². The minimum Gasteiger partial charge on any atom is -0.505 e. The highest BCUT2D eigenvalue weighted by molar-refractivity contribution is 7.91. The van der Waals surface area contributed by atoms with Crippen LogP contribution in [0.4, 0.5) is 17.1 Å². The minimum absolute atomic E-state index is 0.0439. The number of anilines is 1. The van der Waals surface area contributed by atoms with Crippen LogP contribution >= 0.6 is 0 Å². The second kappa shape index (κ2) is 15.1. The van der Waals surface area contributed by atoms with Crippen LogP contribution in [0.2, 0.25) is 0 Å². The summed E-state index contributed by atoms with van der Waals surface area (Å²) in [5.74, 6) is -1.76. The van der Waals surface area contributed by atoms with Crippen LogP contribution in [0.5, 0.6) is 5.75 Å². The number of aromatic hydroxyl groups is 1. The van der Waals surface area contributed by atoms with Crippen LogP contribution in [0.25, 0.3) is 10.8 Å². The van der Waals surface area contributed by atoms with Crippen molar-refractivity contribution in [1.82, 2.24) is 4.90 Å². The predicted molar refractivity (Wildman–Crippen MR) is 164 cm³/mol. The molecule has 0 spiro atoms. The zero-order chi connectivity index (χ0) is 35.2. The van der Waals surface area contributed by atoms with Crippen LogP contribution in [-0.4, -0.2) is 102 Å². The molecule has 0 aliphatic carbocycles. The molecule has 47 heavy (non-hydrogen) atoms. The van der Waals surface area contributed by atoms with Crippen LogP contribution in [0.3, 0.4) is 0 Å². The Balaban J connectivity index is 1.89. The summed E-state index contributed by atoms with van der Waals surface area (Å²) in [7, 11) is -18.7. The van der Waals surface area contributed by atoms with Crippen molar-refractivity contribution in [2.45, 2.75) is 16.7 Å². The van der Waals surface area contributed by atoms with Gasteiger partial charge in [-0.15, -0.1) is 5.11 Å².